The van der Waals surface area contributed by atoms with Gasteiger partial charge in [0.15, 0.2) is 5.96 Å². The number of nitrogens with one attached hydrogen (secondary N) is 1. The number of anilines is 1. The molecule has 1 aliphatic rings. The molecular weight excluding hydrogens is 403 g/mol. The van der Waals surface area contributed by atoms with Crippen LogP contribution in [-0.2, 0) is 0 Å². The minimum absolute atomic E-state index is 0. The lowest BCUT2D eigenvalue weighted by atomic mass is 9.99. The van der Waals surface area contributed by atoms with E-state index in [2.05, 4.69) is 22.1 Å². The van der Waals surface area contributed by atoms with Crippen LogP contribution in [-0.4, -0.2) is 44.1 Å². The third-order valence-electron chi connectivity index (χ3n) is 4.15. The van der Waals surface area contributed by atoms with E-state index in [1.807, 2.05) is 24.3 Å². The van der Waals surface area contributed by atoms with Gasteiger partial charge in [-0.1, -0.05) is 6.92 Å². The summed E-state index contributed by atoms with van der Waals surface area (Å²) in [4.78, 5) is 6.92. The number of guanidine groups is 1. The number of ether oxygens (including phenoxy) is 1. The number of nitrogens with zero attached hydrogens (tertiary/aromatic N) is 2. The van der Waals surface area contributed by atoms with E-state index in [4.69, 9.17) is 10.5 Å². The molecule has 3 N–H and O–H groups in total. The van der Waals surface area contributed by atoms with Crippen LogP contribution >= 0.6 is 24.0 Å². The SMILES string of the molecule is COc1ccc(NC(N)=NCCCN2CCC(C)CC2)cc1.I. The number of nitrogens with two attached hydrogens (primary N) is 1. The molecule has 5 nitrogen and oxygen atoms in total. The summed E-state index contributed by atoms with van der Waals surface area (Å²) in [7, 11) is 1.65. The molecule has 0 atom stereocenters. The number of methoxy groups -OCH3 is 1. The molecule has 1 saturated heterocycles. The summed E-state index contributed by atoms with van der Waals surface area (Å²) in [5.74, 6) is 2.19. The van der Waals surface area contributed by atoms with E-state index in [9.17, 15) is 0 Å². The van der Waals surface area contributed by atoms with E-state index in [0.29, 0.717) is 5.96 Å². The second-order valence-electron chi connectivity index (χ2n) is 6.00. The first-order chi connectivity index (χ1) is 10.7. The predicted octanol–water partition coefficient (Wildman–Crippen LogP) is 3.16. The molecule has 0 bridgehead atoms. The van der Waals surface area contributed by atoms with E-state index in [-0.39, 0.29) is 24.0 Å². The van der Waals surface area contributed by atoms with Crippen molar-refractivity contribution >= 4 is 35.6 Å². The van der Waals surface area contributed by atoms with Crippen LogP contribution < -0.4 is 15.8 Å². The van der Waals surface area contributed by atoms with Gasteiger partial charge in [0.2, 0.25) is 0 Å². The van der Waals surface area contributed by atoms with Gasteiger partial charge < -0.3 is 20.7 Å². The van der Waals surface area contributed by atoms with Crippen molar-refractivity contribution in [1.82, 2.24) is 4.90 Å². The van der Waals surface area contributed by atoms with Gasteiger partial charge in [0, 0.05) is 12.2 Å². The van der Waals surface area contributed by atoms with Crippen LogP contribution in [0.2, 0.25) is 0 Å². The zero-order valence-corrected chi connectivity index (χ0v) is 16.5. The molecule has 0 unspecified atom stereocenters. The first-order valence-corrected chi connectivity index (χ1v) is 8.10. The molecule has 1 fully saturated rings. The molecule has 2 rings (SSSR count). The number of hydrogen-bond acceptors (Lipinski definition) is 3. The monoisotopic (exact) mass is 432 g/mol. The van der Waals surface area contributed by atoms with Gasteiger partial charge in [-0.3, -0.25) is 4.99 Å². The third kappa shape index (κ3) is 7.39. The molecular formula is C17H29IN4O. The quantitative estimate of drug-likeness (QED) is 0.314. The number of rotatable bonds is 6. The number of halogens is 1. The molecule has 0 amide bonds. The van der Waals surface area contributed by atoms with Crippen LogP contribution in [0.4, 0.5) is 5.69 Å². The molecule has 1 heterocycles. The van der Waals surface area contributed by atoms with Gasteiger partial charge in [0.05, 0.1) is 7.11 Å². The van der Waals surface area contributed by atoms with Crippen molar-refractivity contribution in [1.29, 1.82) is 0 Å². The lowest BCUT2D eigenvalue weighted by Gasteiger charge is -2.29. The highest BCUT2D eigenvalue weighted by atomic mass is 127. The van der Waals surface area contributed by atoms with Crippen molar-refractivity contribution in [2.75, 3.05) is 38.6 Å². The second-order valence-corrected chi connectivity index (χ2v) is 6.00. The van der Waals surface area contributed by atoms with Crippen LogP contribution in [0, 0.1) is 5.92 Å². The Morgan fingerprint density at radius 3 is 2.57 bits per heavy atom. The van der Waals surface area contributed by atoms with Gasteiger partial charge in [-0.15, -0.1) is 24.0 Å². The highest BCUT2D eigenvalue weighted by molar-refractivity contribution is 14.0. The Morgan fingerprint density at radius 1 is 1.30 bits per heavy atom. The van der Waals surface area contributed by atoms with E-state index in [1.165, 1.54) is 25.9 Å². The Balaban J connectivity index is 0.00000264. The summed E-state index contributed by atoms with van der Waals surface area (Å²) in [6.45, 7) is 6.68. The Kier molecular flexibility index (Phi) is 9.31. The molecule has 23 heavy (non-hydrogen) atoms. The molecule has 0 aliphatic carbocycles. The zero-order chi connectivity index (χ0) is 15.8. The maximum Gasteiger partial charge on any atom is 0.193 e. The summed E-state index contributed by atoms with van der Waals surface area (Å²) >= 11 is 0. The highest BCUT2D eigenvalue weighted by Crippen LogP contribution is 2.16. The van der Waals surface area contributed by atoms with Crippen molar-refractivity contribution in [3.05, 3.63) is 24.3 Å². The van der Waals surface area contributed by atoms with Crippen molar-refractivity contribution in [3.63, 3.8) is 0 Å². The Hall–Kier alpha value is -1.02. The number of piperidine rings is 1. The third-order valence-corrected chi connectivity index (χ3v) is 4.15. The minimum atomic E-state index is 0. The highest BCUT2D eigenvalue weighted by Gasteiger charge is 2.14. The normalized spacial score (nSPS) is 16.7. The molecule has 1 aromatic rings. The Morgan fingerprint density at radius 2 is 1.96 bits per heavy atom. The van der Waals surface area contributed by atoms with Crippen LogP contribution in [0.25, 0.3) is 0 Å². The van der Waals surface area contributed by atoms with Crippen LogP contribution in [0.3, 0.4) is 0 Å². The van der Waals surface area contributed by atoms with E-state index >= 15 is 0 Å². The fourth-order valence-corrected chi connectivity index (χ4v) is 2.64. The molecule has 130 valence electrons. The fraction of sp³-hybridized carbons (Fsp3) is 0.588. The maximum absolute atomic E-state index is 5.91. The smallest absolute Gasteiger partial charge is 0.193 e. The molecule has 0 aromatic heterocycles. The first-order valence-electron chi connectivity index (χ1n) is 8.10. The molecule has 0 saturated carbocycles. The fourth-order valence-electron chi connectivity index (χ4n) is 2.64. The molecule has 6 heteroatoms. The maximum atomic E-state index is 5.91. The summed E-state index contributed by atoms with van der Waals surface area (Å²) in [6.07, 6.45) is 3.70. The van der Waals surface area contributed by atoms with Crippen molar-refractivity contribution in [3.8, 4) is 5.75 Å². The number of hydrogen-bond donors (Lipinski definition) is 2. The predicted molar refractivity (Wildman–Crippen MR) is 108 cm³/mol. The van der Waals surface area contributed by atoms with E-state index in [1.54, 1.807) is 7.11 Å². The van der Waals surface area contributed by atoms with Gasteiger partial charge >= 0.3 is 0 Å². The number of likely N-dealkylation sites (tertiary alicyclic amines) is 1. The van der Waals surface area contributed by atoms with Gasteiger partial charge in [0.1, 0.15) is 5.75 Å². The molecule has 0 spiro atoms. The second kappa shape index (κ2) is 10.7. The average molecular weight is 432 g/mol. The molecule has 1 aromatic carbocycles. The lowest BCUT2D eigenvalue weighted by molar-refractivity contribution is 0.192. The first kappa shape index (κ1) is 20.0. The van der Waals surface area contributed by atoms with E-state index in [0.717, 1.165) is 36.9 Å². The van der Waals surface area contributed by atoms with E-state index < -0.39 is 0 Å². The van der Waals surface area contributed by atoms with Crippen molar-refractivity contribution in [2.24, 2.45) is 16.6 Å². The van der Waals surface area contributed by atoms with Crippen molar-refractivity contribution in [2.45, 2.75) is 26.2 Å². The van der Waals surface area contributed by atoms with Crippen LogP contribution in [0.5, 0.6) is 5.75 Å². The van der Waals surface area contributed by atoms with Crippen LogP contribution in [0.15, 0.2) is 29.3 Å². The topological polar surface area (TPSA) is 62.9 Å². The van der Waals surface area contributed by atoms with Gasteiger partial charge in [-0.25, -0.2) is 0 Å². The van der Waals surface area contributed by atoms with Gasteiger partial charge in [-0.2, -0.15) is 0 Å². The lowest BCUT2D eigenvalue weighted by Crippen LogP contribution is -2.34. The van der Waals surface area contributed by atoms with Crippen molar-refractivity contribution < 1.29 is 4.74 Å². The molecule has 1 aliphatic heterocycles. The van der Waals surface area contributed by atoms with Gasteiger partial charge in [0.25, 0.3) is 0 Å². The summed E-state index contributed by atoms with van der Waals surface area (Å²) in [5.41, 5.74) is 6.83. The molecule has 0 radical (unpaired) electrons. The largest absolute Gasteiger partial charge is 0.497 e. The summed E-state index contributed by atoms with van der Waals surface area (Å²) < 4.78 is 5.12. The summed E-state index contributed by atoms with van der Waals surface area (Å²) in [5, 5.41) is 3.10. The Bertz CT molecular complexity index is 470. The van der Waals surface area contributed by atoms with Gasteiger partial charge in [-0.05, 0) is 69.1 Å². The van der Waals surface area contributed by atoms with Crippen LogP contribution in [0.1, 0.15) is 26.2 Å². The number of aliphatic imine (C=N–C) groups is 1. The number of benzene rings is 1. The Labute approximate surface area is 156 Å². The minimum Gasteiger partial charge on any atom is -0.497 e. The average Bonchev–Trinajstić information content (AvgIpc) is 2.54. The zero-order valence-electron chi connectivity index (χ0n) is 14.1. The summed E-state index contributed by atoms with van der Waals surface area (Å²) in [6, 6.07) is 7.64. The standard InChI is InChI=1S/C17H28N4O.HI/c1-14-8-12-21(13-9-14)11-3-10-19-17(18)20-15-4-6-16(22-2)7-5-15;/h4-7,14H,3,8-13H2,1-2H3,(H3,18,19,20);1H.